The zero-order valence-corrected chi connectivity index (χ0v) is 12.9. The van der Waals surface area contributed by atoms with Crippen LogP contribution in [0.5, 0.6) is 0 Å². The van der Waals surface area contributed by atoms with E-state index in [0.717, 1.165) is 15.7 Å². The standard InChI is InChI=1S/C14H14BrNO2S/c1-2-18-9-10-5-3-4-6-12(10)16-14(17)13-11(15)7-8-19-13/h3-8H,2,9H2,1H3,(H,16,17). The fraction of sp³-hybridized carbons (Fsp3) is 0.214. The Hall–Kier alpha value is -1.17. The number of anilines is 1. The summed E-state index contributed by atoms with van der Waals surface area (Å²) in [6, 6.07) is 9.54. The highest BCUT2D eigenvalue weighted by atomic mass is 79.9. The first kappa shape index (κ1) is 14.2. The van der Waals surface area contributed by atoms with Gasteiger partial charge in [0.05, 0.1) is 6.61 Å². The van der Waals surface area contributed by atoms with Crippen molar-refractivity contribution < 1.29 is 9.53 Å². The van der Waals surface area contributed by atoms with E-state index in [2.05, 4.69) is 21.2 Å². The third-order valence-electron chi connectivity index (χ3n) is 2.55. The number of amides is 1. The molecule has 100 valence electrons. The van der Waals surface area contributed by atoms with Crippen LogP contribution in [-0.2, 0) is 11.3 Å². The number of benzene rings is 1. The van der Waals surface area contributed by atoms with Crippen LogP contribution in [0, 0.1) is 0 Å². The van der Waals surface area contributed by atoms with Crippen LogP contribution in [0.25, 0.3) is 0 Å². The van der Waals surface area contributed by atoms with Gasteiger partial charge in [0.25, 0.3) is 5.91 Å². The number of thiophene rings is 1. The van der Waals surface area contributed by atoms with E-state index in [4.69, 9.17) is 4.74 Å². The summed E-state index contributed by atoms with van der Waals surface area (Å²) >= 11 is 4.78. The molecule has 5 heteroatoms. The number of carbonyl (C=O) groups is 1. The fourth-order valence-corrected chi connectivity index (χ4v) is 3.06. The molecule has 0 aliphatic carbocycles. The lowest BCUT2D eigenvalue weighted by molar-refractivity contribution is 0.102. The molecule has 0 saturated carbocycles. The Kier molecular flexibility index (Phi) is 5.13. The number of ether oxygens (including phenoxy) is 1. The highest BCUT2D eigenvalue weighted by Crippen LogP contribution is 2.24. The molecule has 19 heavy (non-hydrogen) atoms. The van der Waals surface area contributed by atoms with E-state index in [1.54, 1.807) is 0 Å². The van der Waals surface area contributed by atoms with Gasteiger partial charge in [-0.3, -0.25) is 4.79 Å². The second-order valence-corrected chi connectivity index (χ2v) is 5.62. The highest BCUT2D eigenvalue weighted by Gasteiger charge is 2.13. The molecule has 3 nitrogen and oxygen atoms in total. The number of nitrogens with one attached hydrogen (secondary N) is 1. The van der Waals surface area contributed by atoms with Gasteiger partial charge in [0.1, 0.15) is 4.88 Å². The highest BCUT2D eigenvalue weighted by molar-refractivity contribution is 9.10. The smallest absolute Gasteiger partial charge is 0.266 e. The van der Waals surface area contributed by atoms with E-state index in [1.165, 1.54) is 11.3 Å². The molecular formula is C14H14BrNO2S. The van der Waals surface area contributed by atoms with Gasteiger partial charge in [-0.1, -0.05) is 18.2 Å². The van der Waals surface area contributed by atoms with Crippen molar-refractivity contribution in [2.45, 2.75) is 13.5 Å². The molecule has 2 rings (SSSR count). The third-order valence-corrected chi connectivity index (χ3v) is 4.39. The lowest BCUT2D eigenvalue weighted by Gasteiger charge is -2.10. The maximum absolute atomic E-state index is 12.2. The molecule has 0 saturated heterocycles. The molecule has 0 atom stereocenters. The maximum Gasteiger partial charge on any atom is 0.266 e. The van der Waals surface area contributed by atoms with Gasteiger partial charge in [-0.15, -0.1) is 11.3 Å². The van der Waals surface area contributed by atoms with E-state index in [9.17, 15) is 4.79 Å². The normalized spacial score (nSPS) is 10.4. The Balaban J connectivity index is 2.15. The minimum Gasteiger partial charge on any atom is -0.377 e. The SMILES string of the molecule is CCOCc1ccccc1NC(=O)c1sccc1Br. The minimum absolute atomic E-state index is 0.106. The predicted octanol–water partition coefficient (Wildman–Crippen LogP) is 4.30. The average molecular weight is 340 g/mol. The Labute approximate surface area is 124 Å². The van der Waals surface area contributed by atoms with E-state index in [1.807, 2.05) is 42.6 Å². The van der Waals surface area contributed by atoms with Crippen molar-refractivity contribution in [2.24, 2.45) is 0 Å². The van der Waals surface area contributed by atoms with E-state index in [0.29, 0.717) is 18.1 Å². The number of rotatable bonds is 5. The molecule has 1 N–H and O–H groups in total. The second-order valence-electron chi connectivity index (χ2n) is 3.85. The second kappa shape index (κ2) is 6.84. The summed E-state index contributed by atoms with van der Waals surface area (Å²) in [7, 11) is 0. The number of hydrogen-bond donors (Lipinski definition) is 1. The summed E-state index contributed by atoms with van der Waals surface area (Å²) in [5.41, 5.74) is 1.77. The van der Waals surface area contributed by atoms with Gasteiger partial charge in [-0.25, -0.2) is 0 Å². The van der Waals surface area contributed by atoms with Gasteiger partial charge in [0.15, 0.2) is 0 Å². The maximum atomic E-state index is 12.2. The van der Waals surface area contributed by atoms with Crippen molar-refractivity contribution in [3.63, 3.8) is 0 Å². The number of para-hydroxylation sites is 1. The molecule has 0 aliphatic rings. The van der Waals surface area contributed by atoms with E-state index >= 15 is 0 Å². The van der Waals surface area contributed by atoms with Crippen molar-refractivity contribution in [3.05, 3.63) is 50.6 Å². The lowest BCUT2D eigenvalue weighted by Crippen LogP contribution is -2.12. The molecule has 1 heterocycles. The largest absolute Gasteiger partial charge is 0.377 e. The summed E-state index contributed by atoms with van der Waals surface area (Å²) in [5.74, 6) is -0.106. The topological polar surface area (TPSA) is 38.3 Å². The zero-order valence-electron chi connectivity index (χ0n) is 10.5. The number of hydrogen-bond acceptors (Lipinski definition) is 3. The van der Waals surface area contributed by atoms with Gasteiger partial charge in [-0.05, 0) is 40.4 Å². The third kappa shape index (κ3) is 3.65. The van der Waals surface area contributed by atoms with Crippen LogP contribution in [0.1, 0.15) is 22.2 Å². The van der Waals surface area contributed by atoms with Gasteiger partial charge in [-0.2, -0.15) is 0 Å². The quantitative estimate of drug-likeness (QED) is 0.881. The van der Waals surface area contributed by atoms with Crippen molar-refractivity contribution in [1.82, 2.24) is 0 Å². The van der Waals surface area contributed by atoms with Crippen molar-refractivity contribution >= 4 is 38.9 Å². The van der Waals surface area contributed by atoms with Crippen LogP contribution in [0.15, 0.2) is 40.2 Å². The van der Waals surface area contributed by atoms with Crippen LogP contribution in [-0.4, -0.2) is 12.5 Å². The van der Waals surface area contributed by atoms with E-state index < -0.39 is 0 Å². The van der Waals surface area contributed by atoms with Crippen LogP contribution < -0.4 is 5.32 Å². The number of halogens is 1. The van der Waals surface area contributed by atoms with Gasteiger partial charge < -0.3 is 10.1 Å². The summed E-state index contributed by atoms with van der Waals surface area (Å²) < 4.78 is 6.22. The van der Waals surface area contributed by atoms with Gasteiger partial charge >= 0.3 is 0 Å². The van der Waals surface area contributed by atoms with Crippen LogP contribution in [0.4, 0.5) is 5.69 Å². The minimum atomic E-state index is -0.106. The molecule has 1 amide bonds. The van der Waals surface area contributed by atoms with Gasteiger partial charge in [0, 0.05) is 22.3 Å². The Bertz CT molecular complexity index is 568. The summed E-state index contributed by atoms with van der Waals surface area (Å²) in [6.07, 6.45) is 0. The lowest BCUT2D eigenvalue weighted by atomic mass is 10.2. The van der Waals surface area contributed by atoms with E-state index in [-0.39, 0.29) is 5.91 Å². The summed E-state index contributed by atoms with van der Waals surface area (Å²) in [4.78, 5) is 12.8. The van der Waals surface area contributed by atoms with Crippen LogP contribution in [0.2, 0.25) is 0 Å². The first-order valence-electron chi connectivity index (χ1n) is 5.92. The molecule has 1 aromatic carbocycles. The molecule has 1 aromatic heterocycles. The first-order valence-corrected chi connectivity index (χ1v) is 7.59. The molecule has 0 radical (unpaired) electrons. The van der Waals surface area contributed by atoms with Crippen LogP contribution in [0.3, 0.4) is 0 Å². The molecule has 0 unspecified atom stereocenters. The molecular weight excluding hydrogens is 326 g/mol. The van der Waals surface area contributed by atoms with Crippen molar-refractivity contribution in [2.75, 3.05) is 11.9 Å². The molecule has 0 aliphatic heterocycles. The van der Waals surface area contributed by atoms with Crippen molar-refractivity contribution in [3.8, 4) is 0 Å². The zero-order chi connectivity index (χ0) is 13.7. The summed E-state index contributed by atoms with van der Waals surface area (Å²) in [5, 5.41) is 4.80. The fourth-order valence-electron chi connectivity index (χ4n) is 1.61. The number of carbonyl (C=O) groups excluding carboxylic acids is 1. The molecule has 0 spiro atoms. The molecule has 0 fully saturated rings. The van der Waals surface area contributed by atoms with Crippen LogP contribution >= 0.6 is 27.3 Å². The van der Waals surface area contributed by atoms with Gasteiger partial charge in [0.2, 0.25) is 0 Å². The molecule has 0 bridgehead atoms. The Morgan fingerprint density at radius 3 is 2.84 bits per heavy atom. The summed E-state index contributed by atoms with van der Waals surface area (Å²) in [6.45, 7) is 3.10. The Morgan fingerprint density at radius 2 is 2.16 bits per heavy atom. The predicted molar refractivity (Wildman–Crippen MR) is 81.7 cm³/mol. The Morgan fingerprint density at radius 1 is 1.37 bits per heavy atom. The molecule has 2 aromatic rings. The van der Waals surface area contributed by atoms with Crippen molar-refractivity contribution in [1.29, 1.82) is 0 Å². The average Bonchev–Trinajstić information content (AvgIpc) is 2.84. The monoisotopic (exact) mass is 339 g/mol. The first-order chi connectivity index (χ1) is 9.22.